The first-order valence-electron chi connectivity index (χ1n) is 6.20. The fourth-order valence-corrected chi connectivity index (χ4v) is 2.03. The maximum atomic E-state index is 11.2. The van der Waals surface area contributed by atoms with Crippen LogP contribution in [0.5, 0.6) is 5.75 Å². The van der Waals surface area contributed by atoms with Gasteiger partial charge >= 0.3 is 5.97 Å². The molecule has 0 heterocycles. The third-order valence-electron chi connectivity index (χ3n) is 2.77. The first-order chi connectivity index (χ1) is 8.69. The SMILES string of the molecule is CCOc1ccc(C(CCCCCl)C(=O)O)cc1. The van der Waals surface area contributed by atoms with Crippen LogP contribution in [-0.2, 0) is 4.79 Å². The van der Waals surface area contributed by atoms with Gasteiger partial charge in [-0.05, 0) is 37.5 Å². The summed E-state index contributed by atoms with van der Waals surface area (Å²) in [5.74, 6) is 0.110. The number of benzene rings is 1. The van der Waals surface area contributed by atoms with Crippen molar-refractivity contribution in [2.75, 3.05) is 12.5 Å². The summed E-state index contributed by atoms with van der Waals surface area (Å²) in [4.78, 5) is 11.2. The van der Waals surface area contributed by atoms with Crippen LogP contribution in [0.15, 0.2) is 24.3 Å². The number of alkyl halides is 1. The number of carboxylic acids is 1. The maximum Gasteiger partial charge on any atom is 0.310 e. The van der Waals surface area contributed by atoms with Gasteiger partial charge in [0.15, 0.2) is 0 Å². The van der Waals surface area contributed by atoms with E-state index in [0.29, 0.717) is 18.9 Å². The normalized spacial score (nSPS) is 12.1. The second kappa shape index (κ2) is 7.98. The molecule has 1 atom stereocenters. The van der Waals surface area contributed by atoms with Crippen molar-refractivity contribution < 1.29 is 14.6 Å². The topological polar surface area (TPSA) is 46.5 Å². The fraction of sp³-hybridized carbons (Fsp3) is 0.500. The molecule has 4 heteroatoms. The van der Waals surface area contributed by atoms with Gasteiger partial charge in [-0.15, -0.1) is 11.6 Å². The van der Waals surface area contributed by atoms with Crippen LogP contribution in [0.25, 0.3) is 0 Å². The van der Waals surface area contributed by atoms with Crippen molar-refractivity contribution in [3.8, 4) is 5.75 Å². The lowest BCUT2D eigenvalue weighted by molar-refractivity contribution is -0.139. The molecule has 0 bridgehead atoms. The lowest BCUT2D eigenvalue weighted by Crippen LogP contribution is -2.11. The summed E-state index contributed by atoms with van der Waals surface area (Å²) < 4.78 is 5.33. The predicted octanol–water partition coefficient (Wildman–Crippen LogP) is 3.66. The molecule has 0 aliphatic carbocycles. The van der Waals surface area contributed by atoms with E-state index < -0.39 is 11.9 Å². The smallest absolute Gasteiger partial charge is 0.310 e. The van der Waals surface area contributed by atoms with Gasteiger partial charge in [0.2, 0.25) is 0 Å². The lowest BCUT2D eigenvalue weighted by Gasteiger charge is -2.13. The summed E-state index contributed by atoms with van der Waals surface area (Å²) >= 11 is 5.60. The van der Waals surface area contributed by atoms with Crippen LogP contribution in [0.3, 0.4) is 0 Å². The Balaban J connectivity index is 2.69. The van der Waals surface area contributed by atoms with Crippen LogP contribution in [0.4, 0.5) is 0 Å². The van der Waals surface area contributed by atoms with Gasteiger partial charge < -0.3 is 9.84 Å². The number of carbonyl (C=O) groups is 1. The molecule has 0 amide bonds. The highest BCUT2D eigenvalue weighted by molar-refractivity contribution is 6.17. The van der Waals surface area contributed by atoms with Crippen molar-refractivity contribution in [1.29, 1.82) is 0 Å². The summed E-state index contributed by atoms with van der Waals surface area (Å²) in [6, 6.07) is 7.28. The Morgan fingerprint density at radius 2 is 2.00 bits per heavy atom. The lowest BCUT2D eigenvalue weighted by atomic mass is 9.94. The van der Waals surface area contributed by atoms with Gasteiger partial charge in [0, 0.05) is 5.88 Å². The second-order valence-electron chi connectivity index (χ2n) is 4.08. The second-order valence-corrected chi connectivity index (χ2v) is 4.46. The first kappa shape index (κ1) is 14.8. The van der Waals surface area contributed by atoms with E-state index in [1.54, 1.807) is 0 Å². The number of rotatable bonds is 8. The molecular formula is C14H19ClO3. The van der Waals surface area contributed by atoms with Crippen LogP contribution < -0.4 is 4.74 Å². The molecule has 100 valence electrons. The first-order valence-corrected chi connectivity index (χ1v) is 6.74. The van der Waals surface area contributed by atoms with Crippen molar-refractivity contribution in [2.24, 2.45) is 0 Å². The van der Waals surface area contributed by atoms with Crippen LogP contribution in [0.1, 0.15) is 37.7 Å². The predicted molar refractivity (Wildman–Crippen MR) is 72.6 cm³/mol. The highest BCUT2D eigenvalue weighted by atomic mass is 35.5. The maximum absolute atomic E-state index is 11.2. The molecule has 0 saturated heterocycles. The van der Waals surface area contributed by atoms with E-state index in [2.05, 4.69) is 0 Å². The summed E-state index contributed by atoms with van der Waals surface area (Å²) in [6.45, 7) is 2.53. The van der Waals surface area contributed by atoms with Gasteiger partial charge in [-0.3, -0.25) is 4.79 Å². The minimum absolute atomic E-state index is 0.455. The number of ether oxygens (including phenoxy) is 1. The number of carboxylic acid groups (broad SMARTS) is 1. The number of aliphatic carboxylic acids is 1. The summed E-state index contributed by atoms with van der Waals surface area (Å²) in [5.41, 5.74) is 0.820. The van der Waals surface area contributed by atoms with Crippen molar-refractivity contribution in [3.63, 3.8) is 0 Å². The molecule has 1 unspecified atom stereocenters. The van der Waals surface area contributed by atoms with Gasteiger partial charge in [-0.2, -0.15) is 0 Å². The average Bonchev–Trinajstić information content (AvgIpc) is 2.36. The van der Waals surface area contributed by atoms with Crippen molar-refractivity contribution in [2.45, 2.75) is 32.1 Å². The zero-order chi connectivity index (χ0) is 13.4. The highest BCUT2D eigenvalue weighted by Gasteiger charge is 2.19. The van der Waals surface area contributed by atoms with Gasteiger partial charge in [-0.25, -0.2) is 0 Å². The van der Waals surface area contributed by atoms with Gasteiger partial charge in [0.1, 0.15) is 5.75 Å². The zero-order valence-corrected chi connectivity index (χ0v) is 11.3. The van der Waals surface area contributed by atoms with Crippen LogP contribution in [0, 0.1) is 0 Å². The van der Waals surface area contributed by atoms with Crippen molar-refractivity contribution in [1.82, 2.24) is 0 Å². The molecule has 0 saturated carbocycles. The third-order valence-corrected chi connectivity index (χ3v) is 3.04. The average molecular weight is 271 g/mol. The van der Waals surface area contributed by atoms with E-state index in [4.69, 9.17) is 16.3 Å². The molecule has 1 aromatic rings. The molecule has 1 N–H and O–H groups in total. The Morgan fingerprint density at radius 3 is 2.50 bits per heavy atom. The molecule has 0 aliphatic heterocycles. The zero-order valence-electron chi connectivity index (χ0n) is 10.6. The Bertz CT molecular complexity index is 362. The number of halogens is 1. The Labute approximate surface area is 113 Å². The molecule has 18 heavy (non-hydrogen) atoms. The molecule has 3 nitrogen and oxygen atoms in total. The molecule has 0 spiro atoms. The summed E-state index contributed by atoms with van der Waals surface area (Å²) in [6.07, 6.45) is 2.30. The van der Waals surface area contributed by atoms with Crippen molar-refractivity contribution >= 4 is 17.6 Å². The summed E-state index contributed by atoms with van der Waals surface area (Å²) in [7, 11) is 0. The van der Waals surface area contributed by atoms with Crippen LogP contribution in [0.2, 0.25) is 0 Å². The van der Waals surface area contributed by atoms with E-state index in [-0.39, 0.29) is 0 Å². The van der Waals surface area contributed by atoms with Crippen molar-refractivity contribution in [3.05, 3.63) is 29.8 Å². The van der Waals surface area contributed by atoms with E-state index in [1.165, 1.54) is 0 Å². The van der Waals surface area contributed by atoms with Crippen LogP contribution in [-0.4, -0.2) is 23.6 Å². The molecular weight excluding hydrogens is 252 g/mol. The monoisotopic (exact) mass is 270 g/mol. The molecule has 0 fully saturated rings. The summed E-state index contributed by atoms with van der Waals surface area (Å²) in [5, 5.41) is 9.23. The Kier molecular flexibility index (Phi) is 6.58. The molecule has 0 radical (unpaired) electrons. The number of hydrogen-bond donors (Lipinski definition) is 1. The number of hydrogen-bond acceptors (Lipinski definition) is 2. The van der Waals surface area contributed by atoms with Gasteiger partial charge in [0.05, 0.1) is 12.5 Å². The Hall–Kier alpha value is -1.22. The molecule has 1 rings (SSSR count). The van der Waals surface area contributed by atoms with Gasteiger partial charge in [-0.1, -0.05) is 18.6 Å². The van der Waals surface area contributed by atoms with E-state index in [9.17, 15) is 9.90 Å². The highest BCUT2D eigenvalue weighted by Crippen LogP contribution is 2.24. The standard InChI is InChI=1S/C14H19ClO3/c1-2-18-12-8-6-11(7-9-12)13(14(16)17)5-3-4-10-15/h6-9,13H,2-5,10H2,1H3,(H,16,17). The van der Waals surface area contributed by atoms with Gasteiger partial charge in [0.25, 0.3) is 0 Å². The van der Waals surface area contributed by atoms with E-state index >= 15 is 0 Å². The minimum atomic E-state index is -0.784. The molecule has 0 aliphatic rings. The fourth-order valence-electron chi connectivity index (χ4n) is 1.84. The number of unbranched alkanes of at least 4 members (excludes halogenated alkanes) is 1. The van der Waals surface area contributed by atoms with E-state index in [1.807, 2.05) is 31.2 Å². The molecule has 1 aromatic carbocycles. The minimum Gasteiger partial charge on any atom is -0.494 e. The van der Waals surface area contributed by atoms with Crippen LogP contribution >= 0.6 is 11.6 Å². The Morgan fingerprint density at radius 1 is 1.33 bits per heavy atom. The third kappa shape index (κ3) is 4.57. The molecule has 0 aromatic heterocycles. The van der Waals surface area contributed by atoms with E-state index in [0.717, 1.165) is 24.2 Å². The largest absolute Gasteiger partial charge is 0.494 e. The quantitative estimate of drug-likeness (QED) is 0.579.